The first-order chi connectivity index (χ1) is 9.20. The van der Waals surface area contributed by atoms with Crippen LogP contribution in [0.25, 0.3) is 0 Å². The average molecular weight is 342 g/mol. The van der Waals surface area contributed by atoms with E-state index >= 15 is 0 Å². The third kappa shape index (κ3) is 3.93. The molecule has 0 saturated carbocycles. The van der Waals surface area contributed by atoms with Gasteiger partial charge < -0.3 is 10.1 Å². The zero-order valence-corrected chi connectivity index (χ0v) is 12.8. The van der Waals surface area contributed by atoms with Gasteiger partial charge >= 0.3 is 0 Å². The van der Waals surface area contributed by atoms with E-state index in [-0.39, 0.29) is 0 Å². The highest BCUT2D eigenvalue weighted by Gasteiger charge is 2.05. The second-order valence-electron chi connectivity index (χ2n) is 4.04. The van der Waals surface area contributed by atoms with Crippen molar-refractivity contribution < 1.29 is 4.74 Å². The van der Waals surface area contributed by atoms with E-state index < -0.39 is 0 Å². The molecule has 0 spiro atoms. The second-order valence-corrected chi connectivity index (χ2v) is 5.36. The second kappa shape index (κ2) is 6.89. The Kier molecular flexibility index (Phi) is 5.19. The SMILES string of the molecule is COCc1ccccc1CNc1ncc(Br)cc1Cl. The van der Waals surface area contributed by atoms with E-state index in [4.69, 9.17) is 16.3 Å². The molecule has 0 unspecified atom stereocenters. The maximum atomic E-state index is 6.12. The molecule has 100 valence electrons. The fraction of sp³-hybridized carbons (Fsp3) is 0.214. The Bertz CT molecular complexity index is 563. The van der Waals surface area contributed by atoms with E-state index in [1.807, 2.05) is 18.2 Å². The quantitative estimate of drug-likeness (QED) is 0.882. The standard InChI is InChI=1S/C14H14BrClN2O/c1-19-9-11-5-3-2-4-10(11)7-17-14-13(16)6-12(15)8-18-14/h2-6,8H,7,9H2,1H3,(H,17,18). The molecular weight excluding hydrogens is 328 g/mol. The third-order valence-corrected chi connectivity index (χ3v) is 3.39. The summed E-state index contributed by atoms with van der Waals surface area (Å²) < 4.78 is 6.05. The van der Waals surface area contributed by atoms with Gasteiger partial charge in [-0.05, 0) is 33.1 Å². The molecule has 19 heavy (non-hydrogen) atoms. The Hall–Kier alpha value is -1.10. The van der Waals surface area contributed by atoms with Gasteiger partial charge in [-0.2, -0.15) is 0 Å². The van der Waals surface area contributed by atoms with Crippen LogP contribution in [0.5, 0.6) is 0 Å². The van der Waals surface area contributed by atoms with Crippen LogP contribution in [0.15, 0.2) is 41.0 Å². The lowest BCUT2D eigenvalue weighted by atomic mass is 10.1. The van der Waals surface area contributed by atoms with Crippen molar-refractivity contribution in [3.05, 3.63) is 57.2 Å². The first-order valence-corrected chi connectivity index (χ1v) is 6.98. The molecule has 1 aromatic heterocycles. The number of ether oxygens (including phenoxy) is 1. The minimum absolute atomic E-state index is 0.596. The smallest absolute Gasteiger partial charge is 0.145 e. The van der Waals surface area contributed by atoms with Gasteiger partial charge in [0.15, 0.2) is 0 Å². The molecule has 0 aliphatic rings. The van der Waals surface area contributed by atoms with Crippen LogP contribution in [0.3, 0.4) is 0 Å². The number of halogens is 2. The van der Waals surface area contributed by atoms with Crippen LogP contribution in [0.1, 0.15) is 11.1 Å². The van der Waals surface area contributed by atoms with Crippen molar-refractivity contribution in [1.29, 1.82) is 0 Å². The summed E-state index contributed by atoms with van der Waals surface area (Å²) >= 11 is 9.45. The zero-order valence-electron chi connectivity index (χ0n) is 10.5. The van der Waals surface area contributed by atoms with Gasteiger partial charge in [-0.25, -0.2) is 4.98 Å². The lowest BCUT2D eigenvalue weighted by Crippen LogP contribution is -2.05. The van der Waals surface area contributed by atoms with E-state index in [1.165, 1.54) is 5.56 Å². The van der Waals surface area contributed by atoms with Crippen molar-refractivity contribution in [2.45, 2.75) is 13.2 Å². The largest absolute Gasteiger partial charge is 0.380 e. The molecule has 5 heteroatoms. The molecule has 0 saturated heterocycles. The van der Waals surface area contributed by atoms with Crippen LogP contribution >= 0.6 is 27.5 Å². The van der Waals surface area contributed by atoms with Gasteiger partial charge in [-0.3, -0.25) is 0 Å². The summed E-state index contributed by atoms with van der Waals surface area (Å²) in [7, 11) is 1.69. The van der Waals surface area contributed by atoms with Crippen molar-refractivity contribution in [1.82, 2.24) is 4.98 Å². The number of anilines is 1. The molecule has 0 bridgehead atoms. The zero-order chi connectivity index (χ0) is 13.7. The maximum absolute atomic E-state index is 6.12. The van der Waals surface area contributed by atoms with Gasteiger partial charge in [0, 0.05) is 24.3 Å². The van der Waals surface area contributed by atoms with Gasteiger partial charge in [-0.15, -0.1) is 0 Å². The molecule has 2 aromatic rings. The van der Waals surface area contributed by atoms with Crippen molar-refractivity contribution in [3.8, 4) is 0 Å². The molecular formula is C14H14BrClN2O. The molecule has 0 aliphatic carbocycles. The summed E-state index contributed by atoms with van der Waals surface area (Å²) in [5.41, 5.74) is 2.33. The molecule has 0 fully saturated rings. The molecule has 3 nitrogen and oxygen atoms in total. The van der Waals surface area contributed by atoms with Crippen molar-refractivity contribution in [2.75, 3.05) is 12.4 Å². The van der Waals surface area contributed by atoms with Crippen LogP contribution < -0.4 is 5.32 Å². The summed E-state index contributed by atoms with van der Waals surface area (Å²) in [5, 5.41) is 3.83. The van der Waals surface area contributed by atoms with Gasteiger partial charge in [0.05, 0.1) is 11.6 Å². The minimum atomic E-state index is 0.596. The van der Waals surface area contributed by atoms with Crippen LogP contribution in [0.2, 0.25) is 5.02 Å². The van der Waals surface area contributed by atoms with Gasteiger partial charge in [-0.1, -0.05) is 35.9 Å². The van der Waals surface area contributed by atoms with E-state index in [0.717, 1.165) is 10.0 Å². The summed E-state index contributed by atoms with van der Waals surface area (Å²) in [6.45, 7) is 1.26. The monoisotopic (exact) mass is 340 g/mol. The molecule has 1 heterocycles. The van der Waals surface area contributed by atoms with E-state index in [2.05, 4.69) is 38.4 Å². The normalized spacial score (nSPS) is 10.5. The minimum Gasteiger partial charge on any atom is -0.380 e. The van der Waals surface area contributed by atoms with Gasteiger partial charge in [0.1, 0.15) is 5.82 Å². The summed E-state index contributed by atoms with van der Waals surface area (Å²) in [5.74, 6) is 0.678. The van der Waals surface area contributed by atoms with Crippen LogP contribution in [-0.4, -0.2) is 12.1 Å². The third-order valence-electron chi connectivity index (χ3n) is 2.67. The molecule has 0 radical (unpaired) electrons. The fourth-order valence-electron chi connectivity index (χ4n) is 1.75. The number of methoxy groups -OCH3 is 1. The van der Waals surface area contributed by atoms with Crippen LogP contribution in [0.4, 0.5) is 5.82 Å². The molecule has 2 rings (SSSR count). The number of hydrogen-bond donors (Lipinski definition) is 1. The maximum Gasteiger partial charge on any atom is 0.145 e. The molecule has 1 aromatic carbocycles. The van der Waals surface area contributed by atoms with Crippen molar-refractivity contribution >= 4 is 33.3 Å². The van der Waals surface area contributed by atoms with E-state index in [1.54, 1.807) is 13.3 Å². The van der Waals surface area contributed by atoms with Crippen molar-refractivity contribution in [2.24, 2.45) is 0 Å². The van der Waals surface area contributed by atoms with Gasteiger partial charge in [0.25, 0.3) is 0 Å². The number of pyridine rings is 1. The topological polar surface area (TPSA) is 34.1 Å². The van der Waals surface area contributed by atoms with Crippen molar-refractivity contribution in [3.63, 3.8) is 0 Å². The molecule has 0 amide bonds. The Balaban J connectivity index is 2.10. The highest BCUT2D eigenvalue weighted by atomic mass is 79.9. The van der Waals surface area contributed by atoms with E-state index in [9.17, 15) is 0 Å². The number of nitrogens with one attached hydrogen (secondary N) is 1. The predicted octanol–water partition coefficient (Wildman–Crippen LogP) is 4.26. The fourth-order valence-corrected chi connectivity index (χ4v) is 2.45. The Labute approximate surface area is 126 Å². The number of benzene rings is 1. The van der Waals surface area contributed by atoms with E-state index in [0.29, 0.717) is 24.0 Å². The summed E-state index contributed by atoms with van der Waals surface area (Å²) in [6.07, 6.45) is 1.72. The number of hydrogen-bond acceptors (Lipinski definition) is 3. The van der Waals surface area contributed by atoms with Gasteiger partial charge in [0.2, 0.25) is 0 Å². The first kappa shape index (κ1) is 14.3. The summed E-state index contributed by atoms with van der Waals surface area (Å²) in [4.78, 5) is 4.25. The molecule has 0 atom stereocenters. The summed E-state index contributed by atoms with van der Waals surface area (Å²) in [6, 6.07) is 9.94. The highest BCUT2D eigenvalue weighted by molar-refractivity contribution is 9.10. The number of rotatable bonds is 5. The average Bonchev–Trinajstić information content (AvgIpc) is 2.40. The Morgan fingerprint density at radius 1 is 1.32 bits per heavy atom. The molecule has 0 aliphatic heterocycles. The molecule has 1 N–H and O–H groups in total. The number of nitrogens with zero attached hydrogens (tertiary/aromatic N) is 1. The number of aromatic nitrogens is 1. The Morgan fingerprint density at radius 3 is 2.74 bits per heavy atom. The first-order valence-electron chi connectivity index (χ1n) is 5.81. The van der Waals surface area contributed by atoms with Crippen LogP contribution in [0, 0.1) is 0 Å². The Morgan fingerprint density at radius 2 is 2.05 bits per heavy atom. The van der Waals surface area contributed by atoms with Crippen LogP contribution in [-0.2, 0) is 17.9 Å². The lowest BCUT2D eigenvalue weighted by Gasteiger charge is -2.11. The lowest BCUT2D eigenvalue weighted by molar-refractivity contribution is 0.184. The predicted molar refractivity (Wildman–Crippen MR) is 81.4 cm³/mol. The highest BCUT2D eigenvalue weighted by Crippen LogP contribution is 2.23.